The second kappa shape index (κ2) is 4.48. The van der Waals surface area contributed by atoms with E-state index in [0.717, 1.165) is 6.42 Å². The first-order chi connectivity index (χ1) is 6.51. The molecule has 0 aliphatic heterocycles. The van der Waals surface area contributed by atoms with Gasteiger partial charge >= 0.3 is 0 Å². The second-order valence-corrected chi connectivity index (χ2v) is 5.25. The summed E-state index contributed by atoms with van der Waals surface area (Å²) >= 11 is 3.58. The lowest BCUT2D eigenvalue weighted by atomic mass is 9.81. The van der Waals surface area contributed by atoms with E-state index in [1.54, 1.807) is 0 Å². The van der Waals surface area contributed by atoms with Crippen molar-refractivity contribution in [2.24, 2.45) is 0 Å². The summed E-state index contributed by atoms with van der Waals surface area (Å²) in [6.45, 7) is 9.04. The van der Waals surface area contributed by atoms with E-state index in [2.05, 4.69) is 61.8 Å². The normalized spacial score (nSPS) is 11.8. The molecule has 0 nitrogen and oxygen atoms in total. The maximum Gasteiger partial charge on any atom is 0.0207 e. The Morgan fingerprint density at radius 3 is 2.36 bits per heavy atom. The Labute approximate surface area is 95.9 Å². The summed E-state index contributed by atoms with van der Waals surface area (Å²) in [7, 11) is 0. The molecule has 1 aromatic carbocycles. The molecule has 0 radical (unpaired) electrons. The molecule has 1 aromatic rings. The van der Waals surface area contributed by atoms with E-state index in [1.165, 1.54) is 22.0 Å². The molecule has 0 saturated heterocycles. The van der Waals surface area contributed by atoms with E-state index < -0.39 is 0 Å². The molecule has 0 bridgehead atoms. The number of benzene rings is 1. The molecule has 0 amide bonds. The first-order valence-electron chi connectivity index (χ1n) is 5.30. The van der Waals surface area contributed by atoms with Crippen LogP contribution in [0.2, 0.25) is 0 Å². The monoisotopic (exact) mass is 254 g/mol. The van der Waals surface area contributed by atoms with Gasteiger partial charge in [0.2, 0.25) is 0 Å². The van der Waals surface area contributed by atoms with Crippen molar-refractivity contribution < 1.29 is 0 Å². The highest BCUT2D eigenvalue weighted by atomic mass is 79.9. The Morgan fingerprint density at radius 2 is 1.86 bits per heavy atom. The average molecular weight is 255 g/mol. The Hall–Kier alpha value is -0.300. The van der Waals surface area contributed by atoms with Crippen LogP contribution in [0.15, 0.2) is 22.7 Å². The first kappa shape index (κ1) is 11.8. The minimum atomic E-state index is 0.296. The minimum Gasteiger partial charge on any atom is -0.0646 e. The lowest BCUT2D eigenvalue weighted by Crippen LogP contribution is -2.15. The van der Waals surface area contributed by atoms with Crippen molar-refractivity contribution in [3.8, 4) is 0 Å². The minimum absolute atomic E-state index is 0.296. The fourth-order valence-corrected chi connectivity index (χ4v) is 2.00. The van der Waals surface area contributed by atoms with Crippen LogP contribution in [0.3, 0.4) is 0 Å². The summed E-state index contributed by atoms with van der Waals surface area (Å²) in [4.78, 5) is 0. The van der Waals surface area contributed by atoms with Gasteiger partial charge < -0.3 is 0 Å². The van der Waals surface area contributed by atoms with Gasteiger partial charge in [0.25, 0.3) is 0 Å². The molecule has 0 fully saturated rings. The molecule has 0 N–H and O–H groups in total. The van der Waals surface area contributed by atoms with Crippen LogP contribution in [0.1, 0.15) is 45.2 Å². The Balaban J connectivity index is 3.12. The number of hydrogen-bond donors (Lipinski definition) is 0. The molecule has 78 valence electrons. The molecule has 1 heteroatoms. The van der Waals surface area contributed by atoms with Gasteiger partial charge in [0.1, 0.15) is 0 Å². The van der Waals surface area contributed by atoms with E-state index >= 15 is 0 Å². The third-order valence-corrected chi connectivity index (χ3v) is 3.87. The molecular formula is C13H19Br. The highest BCUT2D eigenvalue weighted by Crippen LogP contribution is 2.29. The van der Waals surface area contributed by atoms with E-state index in [0.29, 0.717) is 5.41 Å². The fraction of sp³-hybridized carbons (Fsp3) is 0.538. The Kier molecular flexibility index (Phi) is 3.77. The van der Waals surface area contributed by atoms with Crippen LogP contribution >= 0.6 is 15.9 Å². The molecule has 0 aliphatic carbocycles. The van der Waals surface area contributed by atoms with Gasteiger partial charge in [-0.15, -0.1) is 0 Å². The smallest absolute Gasteiger partial charge is 0.0207 e. The molecule has 0 heterocycles. The van der Waals surface area contributed by atoms with Crippen LogP contribution in [0.5, 0.6) is 0 Å². The van der Waals surface area contributed by atoms with E-state index in [1.807, 2.05) is 0 Å². The van der Waals surface area contributed by atoms with Crippen molar-refractivity contribution in [1.82, 2.24) is 0 Å². The molecular weight excluding hydrogens is 236 g/mol. The van der Waals surface area contributed by atoms with Gasteiger partial charge in [0.05, 0.1) is 0 Å². The van der Waals surface area contributed by atoms with Gasteiger partial charge in [0.15, 0.2) is 0 Å². The summed E-state index contributed by atoms with van der Waals surface area (Å²) in [6, 6.07) is 6.73. The predicted octanol–water partition coefficient (Wildman–Crippen LogP) is 4.70. The van der Waals surface area contributed by atoms with Gasteiger partial charge in [-0.05, 0) is 35.4 Å². The molecule has 1 rings (SSSR count). The predicted molar refractivity (Wildman–Crippen MR) is 66.8 cm³/mol. The van der Waals surface area contributed by atoms with Crippen LogP contribution in [-0.4, -0.2) is 0 Å². The number of halogens is 1. The topological polar surface area (TPSA) is 0 Å². The molecule has 14 heavy (non-hydrogen) atoms. The number of rotatable bonds is 3. The summed E-state index contributed by atoms with van der Waals surface area (Å²) in [5.74, 6) is 0. The molecule has 0 saturated carbocycles. The largest absolute Gasteiger partial charge is 0.0646 e. The summed E-state index contributed by atoms with van der Waals surface area (Å²) in [6.07, 6.45) is 2.27. The third-order valence-electron chi connectivity index (χ3n) is 3.09. The van der Waals surface area contributed by atoms with Crippen molar-refractivity contribution in [3.63, 3.8) is 0 Å². The van der Waals surface area contributed by atoms with Crippen LogP contribution in [0.4, 0.5) is 0 Å². The molecule has 0 atom stereocenters. The zero-order valence-electron chi connectivity index (χ0n) is 9.52. The maximum absolute atomic E-state index is 3.58. The molecule has 0 unspecified atom stereocenters. The van der Waals surface area contributed by atoms with E-state index in [-0.39, 0.29) is 0 Å². The lowest BCUT2D eigenvalue weighted by molar-refractivity contribution is 0.505. The summed E-state index contributed by atoms with van der Waals surface area (Å²) < 4.78 is 1.23. The zero-order chi connectivity index (χ0) is 10.8. The Morgan fingerprint density at radius 1 is 1.21 bits per heavy atom. The molecule has 0 aliphatic rings. The van der Waals surface area contributed by atoms with Crippen molar-refractivity contribution in [1.29, 1.82) is 0 Å². The van der Waals surface area contributed by atoms with Crippen LogP contribution in [-0.2, 0) is 11.8 Å². The van der Waals surface area contributed by atoms with Crippen LogP contribution in [0, 0.1) is 0 Å². The highest BCUT2D eigenvalue weighted by molar-refractivity contribution is 9.10. The van der Waals surface area contributed by atoms with Gasteiger partial charge in [-0.3, -0.25) is 0 Å². The SMILES string of the molecule is CCc1cc(C(C)(C)CC)ccc1Br. The first-order valence-corrected chi connectivity index (χ1v) is 6.09. The van der Waals surface area contributed by atoms with Gasteiger partial charge in [-0.1, -0.05) is 55.8 Å². The zero-order valence-corrected chi connectivity index (χ0v) is 11.1. The quantitative estimate of drug-likeness (QED) is 0.734. The summed E-state index contributed by atoms with van der Waals surface area (Å²) in [5.41, 5.74) is 3.15. The van der Waals surface area contributed by atoms with E-state index in [4.69, 9.17) is 0 Å². The Bertz CT molecular complexity index is 313. The van der Waals surface area contributed by atoms with Gasteiger partial charge in [0, 0.05) is 4.47 Å². The van der Waals surface area contributed by atoms with Gasteiger partial charge in [-0.2, -0.15) is 0 Å². The van der Waals surface area contributed by atoms with Crippen LogP contribution < -0.4 is 0 Å². The second-order valence-electron chi connectivity index (χ2n) is 4.40. The van der Waals surface area contributed by atoms with Crippen molar-refractivity contribution in [2.75, 3.05) is 0 Å². The maximum atomic E-state index is 3.58. The average Bonchev–Trinajstić information content (AvgIpc) is 2.18. The molecule has 0 spiro atoms. The van der Waals surface area contributed by atoms with E-state index in [9.17, 15) is 0 Å². The lowest BCUT2D eigenvalue weighted by Gasteiger charge is -2.24. The standard InChI is InChI=1S/C13H19Br/c1-5-10-9-11(7-8-12(10)14)13(3,4)6-2/h7-9H,5-6H2,1-4H3. The fourth-order valence-electron chi connectivity index (χ4n) is 1.47. The number of aryl methyl sites for hydroxylation is 1. The van der Waals surface area contributed by atoms with Crippen molar-refractivity contribution in [2.45, 2.75) is 46.0 Å². The third kappa shape index (κ3) is 2.38. The number of hydrogen-bond acceptors (Lipinski definition) is 0. The van der Waals surface area contributed by atoms with Crippen LogP contribution in [0.25, 0.3) is 0 Å². The highest BCUT2D eigenvalue weighted by Gasteiger charge is 2.18. The van der Waals surface area contributed by atoms with Gasteiger partial charge in [-0.25, -0.2) is 0 Å². The van der Waals surface area contributed by atoms with Crippen molar-refractivity contribution >= 4 is 15.9 Å². The summed E-state index contributed by atoms with van der Waals surface area (Å²) in [5, 5.41) is 0. The van der Waals surface area contributed by atoms with Crippen molar-refractivity contribution in [3.05, 3.63) is 33.8 Å². The molecule has 0 aromatic heterocycles.